The fraction of sp³-hybridized carbons (Fsp3) is 0.417. The van der Waals surface area contributed by atoms with Crippen molar-refractivity contribution in [2.45, 2.75) is 58.5 Å². The van der Waals surface area contributed by atoms with E-state index < -0.39 is 0 Å². The first-order valence-electron chi connectivity index (χ1n) is 10.3. The highest BCUT2D eigenvalue weighted by Crippen LogP contribution is 2.44. The third-order valence-corrected chi connectivity index (χ3v) is 5.62. The molecule has 0 aromatic heterocycles. The molecule has 160 valence electrons. The van der Waals surface area contributed by atoms with Gasteiger partial charge >= 0.3 is 0 Å². The van der Waals surface area contributed by atoms with Crippen molar-refractivity contribution in [2.24, 2.45) is 5.10 Å². The number of hydrazone groups is 1. The molecule has 0 saturated carbocycles. The van der Waals surface area contributed by atoms with Crippen LogP contribution in [-0.4, -0.2) is 30.3 Å². The van der Waals surface area contributed by atoms with Gasteiger partial charge in [0.2, 0.25) is 0 Å². The summed E-state index contributed by atoms with van der Waals surface area (Å²) in [5.74, 6) is 0.673. The summed E-state index contributed by atoms with van der Waals surface area (Å²) in [5, 5.41) is 4.65. The number of carbonyl (C=O) groups is 1. The number of amides is 1. The Morgan fingerprint density at radius 2 is 2.10 bits per heavy atom. The molecule has 0 fully saturated rings. The number of nitrogens with zero attached hydrogens (tertiary/aromatic N) is 2. The van der Waals surface area contributed by atoms with Crippen molar-refractivity contribution in [1.29, 1.82) is 0 Å². The molecule has 2 aromatic rings. The van der Waals surface area contributed by atoms with Gasteiger partial charge < -0.3 is 9.64 Å². The molecule has 0 saturated heterocycles. The van der Waals surface area contributed by atoms with Gasteiger partial charge in [-0.2, -0.15) is 5.10 Å². The molecule has 1 aliphatic heterocycles. The van der Waals surface area contributed by atoms with Crippen LogP contribution in [0.2, 0.25) is 5.02 Å². The van der Waals surface area contributed by atoms with Crippen molar-refractivity contribution in [3.8, 4) is 5.75 Å². The van der Waals surface area contributed by atoms with Gasteiger partial charge in [-0.25, -0.2) is 5.43 Å². The normalized spacial score (nSPS) is 17.8. The Bertz CT molecular complexity index is 940. The fourth-order valence-corrected chi connectivity index (χ4v) is 4.63. The number of anilines is 1. The molecule has 0 aliphatic carbocycles. The Balaban J connectivity index is 1.64. The zero-order chi connectivity index (χ0) is 21.9. The Labute approximate surface area is 184 Å². The Morgan fingerprint density at radius 1 is 1.33 bits per heavy atom. The minimum atomic E-state index is -0.328. The molecule has 2 aromatic carbocycles. The SMILES string of the molecule is CC1CC(C)(C)N(C(C)C)c2ccc(/C=N\NC(=O)COc3cccc(Cl)c3)cc21. The number of nitrogens with one attached hydrogen (secondary N) is 1. The number of fused-ring (bicyclic) bond motifs is 1. The molecule has 1 unspecified atom stereocenters. The minimum Gasteiger partial charge on any atom is -0.484 e. The van der Waals surface area contributed by atoms with Gasteiger partial charge in [-0.1, -0.05) is 30.7 Å². The fourth-order valence-electron chi connectivity index (χ4n) is 4.44. The largest absolute Gasteiger partial charge is 0.484 e. The van der Waals surface area contributed by atoms with Crippen molar-refractivity contribution in [3.05, 3.63) is 58.6 Å². The maximum Gasteiger partial charge on any atom is 0.277 e. The highest BCUT2D eigenvalue weighted by atomic mass is 35.5. The van der Waals surface area contributed by atoms with Gasteiger partial charge in [-0.3, -0.25) is 4.79 Å². The molecule has 5 nitrogen and oxygen atoms in total. The highest BCUT2D eigenvalue weighted by Gasteiger charge is 2.37. The maximum absolute atomic E-state index is 12.0. The maximum atomic E-state index is 12.0. The van der Waals surface area contributed by atoms with E-state index in [0.717, 1.165) is 12.0 Å². The number of benzene rings is 2. The Morgan fingerprint density at radius 3 is 2.80 bits per heavy atom. The second kappa shape index (κ2) is 9.09. The number of hydrogen-bond acceptors (Lipinski definition) is 4. The molecule has 0 radical (unpaired) electrons. The number of hydrogen-bond donors (Lipinski definition) is 1. The molecule has 1 aliphatic rings. The van der Waals surface area contributed by atoms with E-state index in [0.29, 0.717) is 22.7 Å². The van der Waals surface area contributed by atoms with Crippen molar-refractivity contribution >= 4 is 29.4 Å². The quantitative estimate of drug-likeness (QED) is 0.498. The van der Waals surface area contributed by atoms with Crippen molar-refractivity contribution in [2.75, 3.05) is 11.5 Å². The zero-order valence-electron chi connectivity index (χ0n) is 18.3. The molecule has 30 heavy (non-hydrogen) atoms. The predicted octanol–water partition coefficient (Wildman–Crippen LogP) is 5.37. The average Bonchev–Trinajstić information content (AvgIpc) is 2.66. The lowest BCUT2D eigenvalue weighted by atomic mass is 9.79. The standard InChI is InChI=1S/C24H30ClN3O2/c1-16(2)28-22-10-9-18(11-21(22)17(3)13-24(28,4)5)14-26-27-23(29)15-30-20-8-6-7-19(25)12-20/h6-12,14,16-17H,13,15H2,1-5H3,(H,27,29)/b26-14-. The van der Waals surface area contributed by atoms with Gasteiger partial charge in [0.15, 0.2) is 6.61 Å². The summed E-state index contributed by atoms with van der Waals surface area (Å²) >= 11 is 5.91. The third kappa shape index (κ3) is 5.14. The molecular formula is C24H30ClN3O2. The summed E-state index contributed by atoms with van der Waals surface area (Å²) in [6.45, 7) is 11.2. The molecule has 0 spiro atoms. The number of ether oxygens (including phenoxy) is 1. The first-order chi connectivity index (χ1) is 14.2. The molecule has 1 heterocycles. The molecule has 1 atom stereocenters. The first kappa shape index (κ1) is 22.2. The Kier molecular flexibility index (Phi) is 6.71. The van der Waals surface area contributed by atoms with Crippen LogP contribution in [0.15, 0.2) is 47.6 Å². The summed E-state index contributed by atoms with van der Waals surface area (Å²) in [6, 6.07) is 13.7. The minimum absolute atomic E-state index is 0.118. The molecule has 6 heteroatoms. The predicted molar refractivity (Wildman–Crippen MR) is 124 cm³/mol. The van der Waals surface area contributed by atoms with Crippen molar-refractivity contribution < 1.29 is 9.53 Å². The van der Waals surface area contributed by atoms with Gasteiger partial charge in [-0.05, 0) is 81.5 Å². The van der Waals surface area contributed by atoms with Crippen LogP contribution < -0.4 is 15.1 Å². The number of halogens is 1. The van der Waals surface area contributed by atoms with E-state index in [1.165, 1.54) is 11.3 Å². The topological polar surface area (TPSA) is 53.9 Å². The van der Waals surface area contributed by atoms with E-state index in [1.54, 1.807) is 30.5 Å². The summed E-state index contributed by atoms with van der Waals surface area (Å²) in [7, 11) is 0. The smallest absolute Gasteiger partial charge is 0.277 e. The van der Waals surface area contributed by atoms with Crippen LogP contribution in [0.4, 0.5) is 5.69 Å². The lowest BCUT2D eigenvalue weighted by molar-refractivity contribution is -0.123. The molecular weight excluding hydrogens is 398 g/mol. The van der Waals surface area contributed by atoms with Gasteiger partial charge in [0.25, 0.3) is 5.91 Å². The van der Waals surface area contributed by atoms with Gasteiger partial charge in [0.05, 0.1) is 6.21 Å². The first-order valence-corrected chi connectivity index (χ1v) is 10.7. The van der Waals surface area contributed by atoms with Gasteiger partial charge in [-0.15, -0.1) is 0 Å². The van der Waals surface area contributed by atoms with Crippen molar-refractivity contribution in [1.82, 2.24) is 5.43 Å². The lowest BCUT2D eigenvalue weighted by Gasteiger charge is -2.50. The third-order valence-electron chi connectivity index (χ3n) is 5.39. The summed E-state index contributed by atoms with van der Waals surface area (Å²) in [4.78, 5) is 14.5. The van der Waals surface area contributed by atoms with Crippen LogP contribution >= 0.6 is 11.6 Å². The van der Waals surface area contributed by atoms with Gasteiger partial charge in [0, 0.05) is 22.3 Å². The van der Waals surface area contributed by atoms with Crippen LogP contribution in [0.3, 0.4) is 0 Å². The van der Waals surface area contributed by atoms with Crippen LogP contribution in [0, 0.1) is 0 Å². The second-order valence-corrected chi connectivity index (χ2v) is 9.18. The lowest BCUT2D eigenvalue weighted by Crippen LogP contribution is -2.51. The number of carbonyl (C=O) groups excluding carboxylic acids is 1. The number of rotatable bonds is 6. The Hall–Kier alpha value is -2.53. The zero-order valence-corrected chi connectivity index (χ0v) is 19.0. The molecule has 3 rings (SSSR count). The van der Waals surface area contributed by atoms with E-state index >= 15 is 0 Å². The molecule has 1 N–H and O–H groups in total. The molecule has 0 bridgehead atoms. The van der Waals surface area contributed by atoms with Crippen LogP contribution in [0.5, 0.6) is 5.75 Å². The van der Waals surface area contributed by atoms with E-state index in [1.807, 2.05) is 6.07 Å². The van der Waals surface area contributed by atoms with E-state index in [4.69, 9.17) is 16.3 Å². The van der Waals surface area contributed by atoms with E-state index in [-0.39, 0.29) is 18.1 Å². The van der Waals surface area contributed by atoms with Crippen LogP contribution in [-0.2, 0) is 4.79 Å². The summed E-state index contributed by atoms with van der Waals surface area (Å²) < 4.78 is 5.42. The van der Waals surface area contributed by atoms with E-state index in [2.05, 4.69) is 62.2 Å². The van der Waals surface area contributed by atoms with Crippen LogP contribution in [0.25, 0.3) is 0 Å². The summed E-state index contributed by atoms with van der Waals surface area (Å²) in [5.41, 5.74) is 6.19. The average molecular weight is 428 g/mol. The van der Waals surface area contributed by atoms with E-state index in [9.17, 15) is 4.79 Å². The molecule has 1 amide bonds. The van der Waals surface area contributed by atoms with Gasteiger partial charge in [0.1, 0.15) is 5.75 Å². The highest BCUT2D eigenvalue weighted by molar-refractivity contribution is 6.30. The monoisotopic (exact) mass is 427 g/mol. The van der Waals surface area contributed by atoms with Crippen LogP contribution in [0.1, 0.15) is 58.1 Å². The second-order valence-electron chi connectivity index (χ2n) is 8.74. The van der Waals surface area contributed by atoms with Crippen molar-refractivity contribution in [3.63, 3.8) is 0 Å². The summed E-state index contributed by atoms with van der Waals surface area (Å²) in [6.07, 6.45) is 2.76.